The van der Waals surface area contributed by atoms with Gasteiger partial charge in [-0.3, -0.25) is 19.9 Å². The van der Waals surface area contributed by atoms with E-state index >= 15 is 0 Å². The highest BCUT2D eigenvalue weighted by molar-refractivity contribution is 5.64. The Bertz CT molecular complexity index is 2660. The highest BCUT2D eigenvalue weighted by atomic mass is 16.7. The van der Waals surface area contributed by atoms with Crippen molar-refractivity contribution in [3.05, 3.63) is 132 Å². The van der Waals surface area contributed by atoms with Gasteiger partial charge in [-0.25, -0.2) is 9.59 Å². The van der Waals surface area contributed by atoms with Gasteiger partial charge in [-0.1, -0.05) is 408 Å². The molecular weight excluding hydrogens is 1630 g/mol. The first kappa shape index (κ1) is 129. The number of aliphatic hydroxyl groups excluding tert-OH is 1. The van der Waals surface area contributed by atoms with Crippen LogP contribution in [0, 0.1) is 10.1 Å². The van der Waals surface area contributed by atoms with Gasteiger partial charge in [0.15, 0.2) is 0 Å². The molecule has 0 aliphatic rings. The van der Waals surface area contributed by atoms with E-state index in [4.69, 9.17) is 24.1 Å². The van der Waals surface area contributed by atoms with Crippen LogP contribution in [0.15, 0.2) is 121 Å². The molecule has 0 amide bonds. The second-order valence-electron chi connectivity index (χ2n) is 38.6. The third-order valence-electron chi connectivity index (χ3n) is 25.1. The number of non-ortho nitro benzene ring substituents is 1. The van der Waals surface area contributed by atoms with Gasteiger partial charge in [-0.05, 0) is 246 Å². The summed E-state index contributed by atoms with van der Waals surface area (Å²) in [6, 6.07) is 5.52. The van der Waals surface area contributed by atoms with E-state index in [9.17, 15) is 19.7 Å². The predicted molar refractivity (Wildman–Crippen MR) is 577 cm³/mol. The molecule has 1 aromatic rings. The number of carbonyl (C=O) groups is 2. The number of nitrogens with zero attached hydrogens (tertiary/aromatic N) is 5. The normalized spacial score (nSPS) is 12.1. The monoisotopic (exact) mass is 1850 g/mol. The average Bonchev–Trinajstić information content (AvgIpc) is 0.883. The quantitative estimate of drug-likeness (QED) is 0.0165. The van der Waals surface area contributed by atoms with Crippen LogP contribution in [0.4, 0.5) is 15.3 Å². The number of allylic oxidation sites excluding steroid dienone is 16. The Morgan fingerprint density at radius 3 is 0.795 bits per heavy atom. The van der Waals surface area contributed by atoms with Crippen molar-refractivity contribution in [2.75, 3.05) is 93.8 Å². The molecule has 14 heteroatoms. The molecule has 0 spiro atoms. The third-order valence-corrected chi connectivity index (χ3v) is 25.1. The summed E-state index contributed by atoms with van der Waals surface area (Å²) in [5.74, 6) is 0.252. The molecule has 0 radical (unpaired) electrons. The molecule has 1 N–H and O–H groups in total. The van der Waals surface area contributed by atoms with Crippen LogP contribution in [0.5, 0.6) is 5.75 Å². The number of hydrogen-bond donors (Lipinski definition) is 1. The molecule has 768 valence electrons. The van der Waals surface area contributed by atoms with Gasteiger partial charge in [0, 0.05) is 51.4 Å². The fourth-order valence-corrected chi connectivity index (χ4v) is 16.4. The Morgan fingerprint density at radius 2 is 0.530 bits per heavy atom. The lowest BCUT2D eigenvalue weighted by Gasteiger charge is -2.24. The molecule has 0 unspecified atom stereocenters. The molecule has 0 heterocycles. The summed E-state index contributed by atoms with van der Waals surface area (Å²) in [6.07, 6.45) is 126. The number of aliphatic hydroxyl groups is 1. The fraction of sp³-hybridized carbons (Fsp3) is 0.797. The van der Waals surface area contributed by atoms with Crippen LogP contribution < -0.4 is 4.74 Å². The molecule has 132 heavy (non-hydrogen) atoms. The minimum Gasteiger partial charge on any atom is -0.433 e. The van der Waals surface area contributed by atoms with E-state index in [1.54, 1.807) is 0 Å². The Balaban J connectivity index is 0. The first-order valence-electron chi connectivity index (χ1n) is 56.3. The average molecular weight is 1850 g/mol. The number of carbonyl (C=O) groups excluding carboxylic acids is 2. The van der Waals surface area contributed by atoms with E-state index in [2.05, 4.69) is 187 Å². The lowest BCUT2D eigenvalue weighted by atomic mass is 10.0. The lowest BCUT2D eigenvalue weighted by Crippen LogP contribution is -2.35. The van der Waals surface area contributed by atoms with Gasteiger partial charge in [0.1, 0.15) is 24.6 Å². The molecule has 0 atom stereocenters. The summed E-state index contributed by atoms with van der Waals surface area (Å²) < 4.78 is 22.9. The van der Waals surface area contributed by atoms with Gasteiger partial charge >= 0.3 is 12.3 Å². The molecular formula is C118H217N5O9. The summed E-state index contributed by atoms with van der Waals surface area (Å²) in [7, 11) is 8.49. The zero-order valence-corrected chi connectivity index (χ0v) is 88.6. The van der Waals surface area contributed by atoms with Crippen molar-refractivity contribution in [2.24, 2.45) is 0 Å². The Labute approximate surface area is 818 Å². The van der Waals surface area contributed by atoms with Crippen LogP contribution in [0.3, 0.4) is 0 Å². The van der Waals surface area contributed by atoms with E-state index < -0.39 is 17.2 Å². The molecule has 1 aromatic carbocycles. The van der Waals surface area contributed by atoms with Crippen LogP contribution in [-0.4, -0.2) is 148 Å². The highest BCUT2D eigenvalue weighted by Gasteiger charge is 2.19. The molecule has 1 rings (SSSR count). The number of benzene rings is 1. The number of rotatable bonds is 97. The third kappa shape index (κ3) is 104. The molecule has 0 aliphatic carbocycles. The van der Waals surface area contributed by atoms with Crippen molar-refractivity contribution in [3.8, 4) is 5.75 Å². The summed E-state index contributed by atoms with van der Waals surface area (Å²) in [5, 5.41) is 20.0. The lowest BCUT2D eigenvalue weighted by molar-refractivity contribution is -0.384. The van der Waals surface area contributed by atoms with Gasteiger partial charge in [-0.2, -0.15) is 0 Å². The Morgan fingerprint density at radius 1 is 0.295 bits per heavy atom. The van der Waals surface area contributed by atoms with Crippen LogP contribution in [-0.2, 0) is 14.2 Å². The summed E-state index contributed by atoms with van der Waals surface area (Å²) in [6.45, 7) is 22.3. The van der Waals surface area contributed by atoms with Crippen molar-refractivity contribution in [2.45, 2.75) is 516 Å². The van der Waals surface area contributed by atoms with Gasteiger partial charge < -0.3 is 33.9 Å². The number of ether oxygens (including phenoxy) is 4. The zero-order chi connectivity index (χ0) is 96.3. The van der Waals surface area contributed by atoms with Gasteiger partial charge in [-0.15, -0.1) is 0 Å². The summed E-state index contributed by atoms with van der Waals surface area (Å²) >= 11 is 0. The van der Waals surface area contributed by atoms with Crippen LogP contribution in [0.25, 0.3) is 0 Å². The van der Waals surface area contributed by atoms with Crippen LogP contribution in [0.1, 0.15) is 504 Å². The van der Waals surface area contributed by atoms with Gasteiger partial charge in [0.2, 0.25) is 0 Å². The molecule has 14 nitrogen and oxygen atoms in total. The van der Waals surface area contributed by atoms with E-state index in [1.807, 2.05) is 0 Å². The molecule has 0 saturated heterocycles. The predicted octanol–water partition coefficient (Wildman–Crippen LogP) is 36.3. The molecule has 0 aliphatic heterocycles. The van der Waals surface area contributed by atoms with Crippen molar-refractivity contribution in [3.63, 3.8) is 0 Å². The zero-order valence-electron chi connectivity index (χ0n) is 88.6. The number of likely N-dealkylation sites (N-methyl/N-ethyl adjacent to an activating group) is 2. The maximum absolute atomic E-state index is 13.0. The number of unbranched alkanes of at least 4 members (excludes halogenated alkanes) is 54. The molecule has 0 aromatic heterocycles. The van der Waals surface area contributed by atoms with Crippen LogP contribution >= 0.6 is 0 Å². The maximum Gasteiger partial charge on any atom is 0.514 e. The maximum atomic E-state index is 13.0. The largest absolute Gasteiger partial charge is 0.514 e. The second-order valence-corrected chi connectivity index (χ2v) is 38.6. The molecule has 0 bridgehead atoms. The van der Waals surface area contributed by atoms with Gasteiger partial charge in [0.05, 0.1) is 11.5 Å². The first-order chi connectivity index (χ1) is 64.8. The second kappa shape index (κ2) is 110. The van der Waals surface area contributed by atoms with Crippen molar-refractivity contribution in [1.82, 2.24) is 19.6 Å². The topological polar surface area (TPSA) is 147 Å². The number of nitro benzene ring substituents is 1. The van der Waals surface area contributed by atoms with Crippen molar-refractivity contribution < 1.29 is 38.6 Å². The number of nitro groups is 1. The van der Waals surface area contributed by atoms with E-state index in [0.29, 0.717) is 6.61 Å². The van der Waals surface area contributed by atoms with E-state index in [0.717, 1.165) is 155 Å². The fourth-order valence-electron chi connectivity index (χ4n) is 16.4. The number of hydrogen-bond acceptors (Lipinski definition) is 13. The molecule has 0 saturated carbocycles. The SMILES string of the molecule is CCCCC/C=C\C/C=C\CCCCCCCCC(CCCCCCCC/C=C\C/C=C\CCCCC)OC(=O)OCCN(CCCCCCCCCCCC)CCN(C)C.CCCCC/C=C\C/C=C\CCCCCCCCC(CCCCCCCC/C=C\C/C=C\CCCCC)OC(=O)Oc1ccc([N+](=O)[O-])cc1.CCCCCCCCCCCCN(CCO)CCN(C)C. The smallest absolute Gasteiger partial charge is 0.433 e. The first-order valence-corrected chi connectivity index (χ1v) is 56.3. The van der Waals surface area contributed by atoms with Crippen molar-refractivity contribution in [1.29, 1.82) is 0 Å². The van der Waals surface area contributed by atoms with Crippen LogP contribution in [0.2, 0.25) is 0 Å². The highest BCUT2D eigenvalue weighted by Crippen LogP contribution is 2.24. The van der Waals surface area contributed by atoms with E-state index in [-0.39, 0.29) is 30.3 Å². The minimum atomic E-state index is -0.732. The van der Waals surface area contributed by atoms with Gasteiger partial charge in [0.25, 0.3) is 5.69 Å². The molecule has 0 fully saturated rings. The summed E-state index contributed by atoms with van der Waals surface area (Å²) in [4.78, 5) is 45.4. The summed E-state index contributed by atoms with van der Waals surface area (Å²) in [5.41, 5.74) is -0.0432. The Kier molecular flexibility index (Phi) is 107. The standard InChI is InChI=1S/C56H106N2O3.C44H71NO5.C18H40N2O/c1-6-9-12-15-18-21-24-26-28-30-32-34-36-39-42-45-48-55(49-46-43-40-37-35-33-31-29-27-25-22-19-16-13-10-7-2)61-56(59)60-54-53-58(52-51-57(4)5)50-47-44-41-38-23-20-17-14-11-8-3;1-3-5-7-9-11-13-15-17-19-21-23-25-27-29-31-33-35-42(49-44(46)50-43-39-37-41(38-40-43)45(47)48)36-34-32-30-28-26-24-22-20-18-16-14-12-10-8-6-4-2;1-4-5-6-7-8-9-10-11-12-13-14-20(17-18-21)16-15-19(2)3/h18-19,21-22,26-29,55H,6-17,20,23-25,30-54H2,1-5H3;11-14,17-20,37-40,42H,3-10,15-16,21-36H2,1-2H3;21H,4-18H2,1-3H3/b21-18-,22-19-,28-26-,29-27-;13-11-,14-12-,19-17-,20-18-;. The Hall–Kier alpha value is -5.12. The minimum absolute atomic E-state index is 0.0272. The van der Waals surface area contributed by atoms with E-state index in [1.165, 1.54) is 384 Å². The van der Waals surface area contributed by atoms with Crippen molar-refractivity contribution >= 4 is 18.0 Å².